The highest BCUT2D eigenvalue weighted by Crippen LogP contribution is 2.25. The molecule has 4 heteroatoms. The smallest absolute Gasteiger partial charge is 0.357 e. The molecule has 0 unspecified atom stereocenters. The van der Waals surface area contributed by atoms with E-state index in [1.807, 2.05) is 18.2 Å². The molecule has 2 rings (SSSR count). The van der Waals surface area contributed by atoms with Crippen molar-refractivity contribution in [2.24, 2.45) is 4.99 Å². The predicted octanol–water partition coefficient (Wildman–Crippen LogP) is 1.81. The van der Waals surface area contributed by atoms with Crippen LogP contribution in [0.3, 0.4) is 0 Å². The minimum atomic E-state index is -0.344. The predicted molar refractivity (Wildman–Crippen MR) is 56.6 cm³/mol. The van der Waals surface area contributed by atoms with Crippen LogP contribution in [0.15, 0.2) is 40.6 Å². The van der Waals surface area contributed by atoms with Gasteiger partial charge in [-0.1, -0.05) is 18.2 Å². The zero-order valence-electron chi connectivity index (χ0n) is 7.69. The third kappa shape index (κ3) is 1.63. The van der Waals surface area contributed by atoms with Crippen molar-refractivity contribution in [1.29, 1.82) is 0 Å². The van der Waals surface area contributed by atoms with Crippen LogP contribution in [0, 0.1) is 0 Å². The van der Waals surface area contributed by atoms with Gasteiger partial charge >= 0.3 is 5.97 Å². The lowest BCUT2D eigenvalue weighted by Crippen LogP contribution is -2.17. The molecule has 3 nitrogen and oxygen atoms in total. The van der Waals surface area contributed by atoms with E-state index in [0.717, 1.165) is 11.1 Å². The van der Waals surface area contributed by atoms with E-state index < -0.39 is 0 Å². The summed E-state index contributed by atoms with van der Waals surface area (Å²) in [4.78, 5) is 15.3. The highest BCUT2D eigenvalue weighted by atomic mass is 35.5. The Kier molecular flexibility index (Phi) is 3.25. The average molecular weight is 212 g/mol. The van der Waals surface area contributed by atoms with Crippen molar-refractivity contribution in [3.05, 3.63) is 35.6 Å². The molecule has 0 amide bonds. The highest BCUT2D eigenvalue weighted by molar-refractivity contribution is 6.45. The summed E-state index contributed by atoms with van der Waals surface area (Å²) in [7, 11) is 0. The number of ether oxygens (including phenoxy) is 1. The van der Waals surface area contributed by atoms with E-state index in [-0.39, 0.29) is 18.4 Å². The Morgan fingerprint density at radius 1 is 1.57 bits per heavy atom. The molecular weight excluding hydrogens is 202 g/mol. The largest absolute Gasteiger partial charge is 0.461 e. The van der Waals surface area contributed by atoms with Gasteiger partial charge in [0.05, 0.1) is 6.61 Å². The van der Waals surface area contributed by atoms with Gasteiger partial charge in [-0.15, -0.1) is 12.4 Å². The third-order valence-electron chi connectivity index (χ3n) is 1.91. The molecular formula is C10H10ClNO2. The summed E-state index contributed by atoms with van der Waals surface area (Å²) in [6, 6.07) is 0. The lowest BCUT2D eigenvalue weighted by Gasteiger charge is -2.02. The molecule has 74 valence electrons. The van der Waals surface area contributed by atoms with Gasteiger partial charge in [-0.2, -0.15) is 0 Å². The highest BCUT2D eigenvalue weighted by Gasteiger charge is 2.24. The lowest BCUT2D eigenvalue weighted by molar-refractivity contribution is -0.134. The van der Waals surface area contributed by atoms with Gasteiger partial charge < -0.3 is 4.74 Å². The molecule has 0 aromatic carbocycles. The normalized spacial score (nSPS) is 16.5. The minimum absolute atomic E-state index is 0. The maximum atomic E-state index is 11.3. The van der Waals surface area contributed by atoms with Crippen LogP contribution in [0.2, 0.25) is 0 Å². The van der Waals surface area contributed by atoms with Gasteiger partial charge in [0.15, 0.2) is 5.71 Å². The Balaban J connectivity index is 0.000000980. The molecule has 1 aliphatic carbocycles. The first-order valence-electron chi connectivity index (χ1n) is 4.17. The van der Waals surface area contributed by atoms with E-state index in [2.05, 4.69) is 4.99 Å². The van der Waals surface area contributed by atoms with Crippen LogP contribution in [0.1, 0.15) is 6.92 Å². The summed E-state index contributed by atoms with van der Waals surface area (Å²) in [5.41, 5.74) is 2.28. The second kappa shape index (κ2) is 4.24. The molecule has 14 heavy (non-hydrogen) atoms. The van der Waals surface area contributed by atoms with E-state index in [9.17, 15) is 4.79 Å². The van der Waals surface area contributed by atoms with Crippen LogP contribution < -0.4 is 0 Å². The zero-order valence-corrected chi connectivity index (χ0v) is 8.50. The Labute approximate surface area is 88.3 Å². The summed E-state index contributed by atoms with van der Waals surface area (Å²) >= 11 is 0. The standard InChI is InChI=1S/C10H9NO2.ClH/c1-2-13-10(12)9-8-5-3-4-7(8)6-11-9;/h3-6H,2H2,1H3;1H. The molecule has 0 radical (unpaired) electrons. The van der Waals surface area contributed by atoms with Crippen LogP contribution in [-0.4, -0.2) is 18.3 Å². The molecule has 1 aliphatic heterocycles. The van der Waals surface area contributed by atoms with Gasteiger partial charge in [-0.25, -0.2) is 9.79 Å². The summed E-state index contributed by atoms with van der Waals surface area (Å²) < 4.78 is 4.86. The molecule has 0 saturated carbocycles. The second-order valence-corrected chi connectivity index (χ2v) is 2.72. The van der Waals surface area contributed by atoms with Gasteiger partial charge in [-0.05, 0) is 6.92 Å². The first-order chi connectivity index (χ1) is 6.33. The van der Waals surface area contributed by atoms with E-state index in [1.54, 1.807) is 13.1 Å². The molecule has 0 bridgehead atoms. The van der Waals surface area contributed by atoms with Crippen molar-refractivity contribution in [3.63, 3.8) is 0 Å². The van der Waals surface area contributed by atoms with Crippen molar-refractivity contribution in [1.82, 2.24) is 0 Å². The molecule has 2 aliphatic rings. The summed E-state index contributed by atoms with van der Waals surface area (Å²) in [5.74, 6) is -0.344. The SMILES string of the molecule is CCOC(=O)C1=NC=C2C=CC=C21.Cl. The van der Waals surface area contributed by atoms with Gasteiger partial charge in [0.2, 0.25) is 0 Å². The van der Waals surface area contributed by atoms with Gasteiger partial charge in [0.25, 0.3) is 0 Å². The number of carbonyl (C=O) groups excluding carboxylic acids is 1. The van der Waals surface area contributed by atoms with Crippen molar-refractivity contribution in [2.45, 2.75) is 6.92 Å². The maximum Gasteiger partial charge on any atom is 0.357 e. The Hall–Kier alpha value is -1.35. The number of carbonyl (C=O) groups is 1. The fraction of sp³-hybridized carbons (Fsp3) is 0.200. The summed E-state index contributed by atoms with van der Waals surface area (Å²) in [6.45, 7) is 2.16. The van der Waals surface area contributed by atoms with E-state index in [1.165, 1.54) is 0 Å². The molecule has 0 atom stereocenters. The summed E-state index contributed by atoms with van der Waals surface area (Å²) in [5, 5.41) is 0. The average Bonchev–Trinajstić information content (AvgIpc) is 2.62. The Morgan fingerprint density at radius 3 is 3.07 bits per heavy atom. The second-order valence-electron chi connectivity index (χ2n) is 2.72. The number of hydrogen-bond donors (Lipinski definition) is 0. The number of hydrogen-bond acceptors (Lipinski definition) is 3. The molecule has 0 N–H and O–H groups in total. The molecule has 0 spiro atoms. The van der Waals surface area contributed by atoms with Crippen LogP contribution in [-0.2, 0) is 9.53 Å². The molecule has 0 aromatic heterocycles. The monoisotopic (exact) mass is 211 g/mol. The van der Waals surface area contributed by atoms with Crippen LogP contribution >= 0.6 is 12.4 Å². The number of fused-ring (bicyclic) bond motifs is 1. The number of rotatable bonds is 2. The zero-order chi connectivity index (χ0) is 9.26. The number of aliphatic imine (C=N–C) groups is 1. The topological polar surface area (TPSA) is 38.7 Å². The third-order valence-corrected chi connectivity index (χ3v) is 1.91. The van der Waals surface area contributed by atoms with E-state index in [0.29, 0.717) is 12.3 Å². The maximum absolute atomic E-state index is 11.3. The Bertz CT molecular complexity index is 378. The van der Waals surface area contributed by atoms with Crippen molar-refractivity contribution in [3.8, 4) is 0 Å². The first-order valence-corrected chi connectivity index (χ1v) is 4.17. The molecule has 0 saturated heterocycles. The van der Waals surface area contributed by atoms with Crippen molar-refractivity contribution >= 4 is 24.1 Å². The van der Waals surface area contributed by atoms with Crippen molar-refractivity contribution < 1.29 is 9.53 Å². The van der Waals surface area contributed by atoms with Crippen LogP contribution in [0.25, 0.3) is 0 Å². The molecule has 0 fully saturated rings. The summed E-state index contributed by atoms with van der Waals surface area (Å²) in [6.07, 6.45) is 7.37. The van der Waals surface area contributed by atoms with E-state index >= 15 is 0 Å². The number of esters is 1. The molecule has 1 heterocycles. The van der Waals surface area contributed by atoms with Gasteiger partial charge in [-0.3, -0.25) is 0 Å². The number of allylic oxidation sites excluding steroid dienone is 4. The number of halogens is 1. The fourth-order valence-corrected chi connectivity index (χ4v) is 1.33. The quantitative estimate of drug-likeness (QED) is 0.654. The fourth-order valence-electron chi connectivity index (χ4n) is 1.33. The molecule has 0 aromatic rings. The minimum Gasteiger partial charge on any atom is -0.461 e. The van der Waals surface area contributed by atoms with Gasteiger partial charge in [0, 0.05) is 17.3 Å². The van der Waals surface area contributed by atoms with Crippen LogP contribution in [0.5, 0.6) is 0 Å². The number of nitrogens with zero attached hydrogens (tertiary/aromatic N) is 1. The first kappa shape index (κ1) is 10.7. The van der Waals surface area contributed by atoms with Gasteiger partial charge in [0.1, 0.15) is 0 Å². The van der Waals surface area contributed by atoms with Crippen molar-refractivity contribution in [2.75, 3.05) is 6.61 Å². The van der Waals surface area contributed by atoms with E-state index in [4.69, 9.17) is 4.74 Å². The lowest BCUT2D eigenvalue weighted by atomic mass is 10.1. The van der Waals surface area contributed by atoms with Crippen LogP contribution in [0.4, 0.5) is 0 Å². The Morgan fingerprint density at radius 2 is 2.36 bits per heavy atom.